The van der Waals surface area contributed by atoms with E-state index in [1.807, 2.05) is 25.1 Å². The van der Waals surface area contributed by atoms with Crippen molar-refractivity contribution in [2.45, 2.75) is 13.0 Å². The number of nitrogens with zero attached hydrogens (tertiary/aromatic N) is 2. The van der Waals surface area contributed by atoms with Crippen molar-refractivity contribution in [1.29, 1.82) is 0 Å². The van der Waals surface area contributed by atoms with Gasteiger partial charge in [-0.2, -0.15) is 0 Å². The maximum Gasteiger partial charge on any atom is 0.328 e. The van der Waals surface area contributed by atoms with E-state index in [2.05, 4.69) is 15.3 Å². The quantitative estimate of drug-likeness (QED) is 0.739. The van der Waals surface area contributed by atoms with Crippen molar-refractivity contribution in [3.8, 4) is 0 Å². The van der Waals surface area contributed by atoms with E-state index in [0.29, 0.717) is 5.82 Å². The summed E-state index contributed by atoms with van der Waals surface area (Å²) in [4.78, 5) is 19.0. The zero-order chi connectivity index (χ0) is 13.1. The number of aliphatic hydroxyl groups is 1. The summed E-state index contributed by atoms with van der Waals surface area (Å²) >= 11 is 0. The van der Waals surface area contributed by atoms with E-state index >= 15 is 0 Å². The molecule has 0 saturated heterocycles. The number of fused-ring (bicyclic) bond motifs is 1. The fourth-order valence-corrected chi connectivity index (χ4v) is 1.64. The van der Waals surface area contributed by atoms with Crippen molar-refractivity contribution in [3.63, 3.8) is 0 Å². The fourth-order valence-electron chi connectivity index (χ4n) is 1.64. The highest BCUT2D eigenvalue weighted by Crippen LogP contribution is 2.20. The summed E-state index contributed by atoms with van der Waals surface area (Å²) in [5.74, 6) is -0.720. The second-order valence-electron chi connectivity index (χ2n) is 3.96. The highest BCUT2D eigenvalue weighted by Gasteiger charge is 2.17. The van der Waals surface area contributed by atoms with E-state index in [9.17, 15) is 4.79 Å². The summed E-state index contributed by atoms with van der Waals surface area (Å²) in [5, 5.41) is 21.3. The molecule has 0 bridgehead atoms. The Balaban J connectivity index is 2.44. The molecule has 0 amide bonds. The van der Waals surface area contributed by atoms with Crippen LogP contribution in [0.15, 0.2) is 24.5 Å². The van der Waals surface area contributed by atoms with Crippen LogP contribution in [0, 0.1) is 6.92 Å². The third kappa shape index (κ3) is 2.38. The summed E-state index contributed by atoms with van der Waals surface area (Å²) in [6, 6.07) is 4.55. The Hall–Kier alpha value is -2.21. The van der Waals surface area contributed by atoms with Crippen molar-refractivity contribution in [2.75, 3.05) is 11.9 Å². The maximum absolute atomic E-state index is 10.9. The lowest BCUT2D eigenvalue weighted by atomic mass is 10.1. The topological polar surface area (TPSA) is 95.3 Å². The molecule has 0 aliphatic heterocycles. The number of nitrogens with one attached hydrogen (secondary N) is 1. The van der Waals surface area contributed by atoms with Crippen LogP contribution >= 0.6 is 0 Å². The summed E-state index contributed by atoms with van der Waals surface area (Å²) in [5.41, 5.74) is 1.75. The third-order valence-electron chi connectivity index (χ3n) is 2.58. The van der Waals surface area contributed by atoms with Gasteiger partial charge in [-0.15, -0.1) is 0 Å². The number of benzene rings is 1. The Morgan fingerprint density at radius 1 is 1.44 bits per heavy atom. The van der Waals surface area contributed by atoms with Gasteiger partial charge >= 0.3 is 5.97 Å². The SMILES string of the molecule is Cc1ccc2ncnc(N[C@H](CO)C(=O)O)c2c1. The number of carbonyl (C=O) groups is 1. The van der Waals surface area contributed by atoms with Crippen molar-refractivity contribution in [3.05, 3.63) is 30.1 Å². The van der Waals surface area contributed by atoms with Gasteiger partial charge in [-0.3, -0.25) is 0 Å². The van der Waals surface area contributed by atoms with Gasteiger partial charge in [0.1, 0.15) is 18.2 Å². The fraction of sp³-hybridized carbons (Fsp3) is 0.250. The molecular weight excluding hydrogens is 234 g/mol. The molecule has 1 aromatic carbocycles. The third-order valence-corrected chi connectivity index (χ3v) is 2.58. The second kappa shape index (κ2) is 4.97. The van der Waals surface area contributed by atoms with E-state index in [1.54, 1.807) is 0 Å². The Morgan fingerprint density at radius 2 is 2.22 bits per heavy atom. The van der Waals surface area contributed by atoms with E-state index in [1.165, 1.54) is 6.33 Å². The lowest BCUT2D eigenvalue weighted by Crippen LogP contribution is -2.33. The average Bonchev–Trinajstić information content (AvgIpc) is 2.35. The molecule has 18 heavy (non-hydrogen) atoms. The minimum Gasteiger partial charge on any atom is -0.480 e. The van der Waals surface area contributed by atoms with Crippen molar-refractivity contribution in [2.24, 2.45) is 0 Å². The van der Waals surface area contributed by atoms with Gasteiger partial charge in [0, 0.05) is 5.39 Å². The van der Waals surface area contributed by atoms with Gasteiger partial charge in [0.05, 0.1) is 12.1 Å². The Bertz CT molecular complexity index is 586. The number of aliphatic hydroxyl groups excluding tert-OH is 1. The van der Waals surface area contributed by atoms with Gasteiger partial charge in [0.2, 0.25) is 0 Å². The van der Waals surface area contributed by atoms with Gasteiger partial charge in [0.15, 0.2) is 0 Å². The van der Waals surface area contributed by atoms with Crippen LogP contribution in [-0.2, 0) is 4.79 Å². The van der Waals surface area contributed by atoms with Crippen LogP contribution in [0.25, 0.3) is 10.9 Å². The van der Waals surface area contributed by atoms with Crippen LogP contribution in [0.4, 0.5) is 5.82 Å². The molecule has 0 saturated carbocycles. The number of aliphatic carboxylic acids is 1. The zero-order valence-corrected chi connectivity index (χ0v) is 9.79. The highest BCUT2D eigenvalue weighted by molar-refractivity contribution is 5.91. The Labute approximate surface area is 103 Å². The summed E-state index contributed by atoms with van der Waals surface area (Å²) < 4.78 is 0. The number of aryl methyl sites for hydroxylation is 1. The first-order valence-corrected chi connectivity index (χ1v) is 5.43. The van der Waals surface area contributed by atoms with Gasteiger partial charge in [-0.1, -0.05) is 11.6 Å². The molecular formula is C12H13N3O3. The van der Waals surface area contributed by atoms with Crippen LogP contribution in [0.1, 0.15) is 5.56 Å². The standard InChI is InChI=1S/C12H13N3O3/c1-7-2-3-9-8(4-7)11(14-6-13-9)15-10(5-16)12(17)18/h2-4,6,10,16H,5H2,1H3,(H,17,18)(H,13,14,15)/t10-/m1/s1. The monoisotopic (exact) mass is 247 g/mol. The molecule has 0 radical (unpaired) electrons. The molecule has 1 aromatic heterocycles. The van der Waals surface area contributed by atoms with Gasteiger partial charge in [0.25, 0.3) is 0 Å². The molecule has 6 nitrogen and oxygen atoms in total. The van der Waals surface area contributed by atoms with E-state index < -0.39 is 18.6 Å². The first-order chi connectivity index (χ1) is 8.61. The molecule has 0 fully saturated rings. The van der Waals surface area contributed by atoms with E-state index in [-0.39, 0.29) is 0 Å². The second-order valence-corrected chi connectivity index (χ2v) is 3.96. The van der Waals surface area contributed by atoms with Gasteiger partial charge in [-0.25, -0.2) is 14.8 Å². The minimum absolute atomic E-state index is 0.408. The van der Waals surface area contributed by atoms with Crippen LogP contribution in [-0.4, -0.2) is 38.8 Å². The number of hydrogen-bond acceptors (Lipinski definition) is 5. The number of aromatic nitrogens is 2. The molecule has 1 heterocycles. The molecule has 6 heteroatoms. The van der Waals surface area contributed by atoms with E-state index in [0.717, 1.165) is 16.5 Å². The Morgan fingerprint density at radius 3 is 2.89 bits per heavy atom. The smallest absolute Gasteiger partial charge is 0.328 e. The molecule has 0 aliphatic carbocycles. The first kappa shape index (κ1) is 12.3. The predicted octanol–water partition coefficient (Wildman–Crippen LogP) is 0.796. The molecule has 2 aromatic rings. The van der Waals surface area contributed by atoms with Gasteiger partial charge < -0.3 is 15.5 Å². The minimum atomic E-state index is -1.13. The van der Waals surface area contributed by atoms with Crippen LogP contribution in [0.2, 0.25) is 0 Å². The van der Waals surface area contributed by atoms with Crippen LogP contribution in [0.5, 0.6) is 0 Å². The lowest BCUT2D eigenvalue weighted by Gasteiger charge is -2.13. The van der Waals surface area contributed by atoms with Crippen molar-refractivity contribution in [1.82, 2.24) is 9.97 Å². The average molecular weight is 247 g/mol. The molecule has 0 spiro atoms. The summed E-state index contributed by atoms with van der Waals surface area (Å²) in [6.07, 6.45) is 1.36. The largest absolute Gasteiger partial charge is 0.480 e. The highest BCUT2D eigenvalue weighted by atomic mass is 16.4. The summed E-state index contributed by atoms with van der Waals surface area (Å²) in [6.45, 7) is 1.42. The molecule has 0 unspecified atom stereocenters. The molecule has 3 N–H and O–H groups in total. The normalized spacial score (nSPS) is 12.3. The van der Waals surface area contributed by atoms with Crippen molar-refractivity contribution >= 4 is 22.7 Å². The lowest BCUT2D eigenvalue weighted by molar-refractivity contribution is -0.138. The molecule has 0 aliphatic rings. The summed E-state index contributed by atoms with van der Waals surface area (Å²) in [7, 11) is 0. The number of hydrogen-bond donors (Lipinski definition) is 3. The number of anilines is 1. The first-order valence-electron chi connectivity index (χ1n) is 5.43. The molecule has 1 atom stereocenters. The van der Waals surface area contributed by atoms with Crippen molar-refractivity contribution < 1.29 is 15.0 Å². The van der Waals surface area contributed by atoms with Crippen LogP contribution < -0.4 is 5.32 Å². The predicted molar refractivity (Wildman–Crippen MR) is 66.4 cm³/mol. The molecule has 2 rings (SSSR count). The van der Waals surface area contributed by atoms with Gasteiger partial charge in [-0.05, 0) is 19.1 Å². The number of carboxylic acid groups (broad SMARTS) is 1. The zero-order valence-electron chi connectivity index (χ0n) is 9.79. The molecule has 94 valence electrons. The van der Waals surface area contributed by atoms with E-state index in [4.69, 9.17) is 10.2 Å². The maximum atomic E-state index is 10.9. The van der Waals surface area contributed by atoms with Crippen LogP contribution in [0.3, 0.4) is 0 Å². The number of rotatable bonds is 4. The Kier molecular flexibility index (Phi) is 3.38. The number of carboxylic acids is 1.